The number of hydrogen-bond acceptors (Lipinski definition) is 5. The third-order valence-electron chi connectivity index (χ3n) is 3.42. The average molecular weight is 314 g/mol. The number of hydrogen-bond donors (Lipinski definition) is 2. The fourth-order valence-corrected chi connectivity index (χ4v) is 3.57. The topological polar surface area (TPSA) is 95.9 Å². The molecule has 1 aromatic rings. The van der Waals surface area contributed by atoms with E-state index in [1.165, 1.54) is 12.1 Å². The van der Waals surface area contributed by atoms with E-state index >= 15 is 0 Å². The van der Waals surface area contributed by atoms with E-state index in [2.05, 4.69) is 4.83 Å². The van der Waals surface area contributed by atoms with Crippen LogP contribution < -0.4 is 4.83 Å². The predicted molar refractivity (Wildman–Crippen MR) is 75.6 cm³/mol. The summed E-state index contributed by atoms with van der Waals surface area (Å²) in [4.78, 5) is 13.6. The van der Waals surface area contributed by atoms with Crippen molar-refractivity contribution in [1.29, 1.82) is 0 Å². The van der Waals surface area contributed by atoms with Gasteiger partial charge in [-0.2, -0.15) is 0 Å². The summed E-state index contributed by atoms with van der Waals surface area (Å²) in [6, 6.07) is 2.65. The van der Waals surface area contributed by atoms with Gasteiger partial charge in [-0.15, -0.1) is 4.83 Å². The summed E-state index contributed by atoms with van der Waals surface area (Å²) in [6.45, 7) is 5.17. The molecule has 2 N–H and O–H groups in total. The van der Waals surface area contributed by atoms with E-state index in [4.69, 9.17) is 9.84 Å². The molecule has 1 saturated heterocycles. The molecule has 1 aliphatic rings. The van der Waals surface area contributed by atoms with Gasteiger partial charge in [-0.1, -0.05) is 0 Å². The SMILES string of the molecule is Cc1cc(C(=O)O)cc(S(=O)(=O)NN2CCOCC2)c1C. The van der Waals surface area contributed by atoms with E-state index in [1.54, 1.807) is 18.9 Å². The maximum absolute atomic E-state index is 12.5. The molecule has 1 aromatic carbocycles. The molecule has 7 nitrogen and oxygen atoms in total. The molecule has 1 heterocycles. The van der Waals surface area contributed by atoms with Crippen LogP contribution in [0.1, 0.15) is 21.5 Å². The summed E-state index contributed by atoms with van der Waals surface area (Å²) in [7, 11) is -3.81. The smallest absolute Gasteiger partial charge is 0.335 e. The predicted octanol–water partition coefficient (Wildman–Crippen LogP) is 0.527. The molecule has 0 aliphatic carbocycles. The first-order valence-electron chi connectivity index (χ1n) is 6.51. The molecule has 0 saturated carbocycles. The number of aromatic carboxylic acids is 1. The molecular formula is C13H18N2O5S. The number of carboxylic acids is 1. The van der Waals surface area contributed by atoms with E-state index in [0.29, 0.717) is 37.4 Å². The Kier molecular flexibility index (Phi) is 4.62. The lowest BCUT2D eigenvalue weighted by atomic mass is 10.1. The molecule has 1 aliphatic heterocycles. The zero-order valence-corrected chi connectivity index (χ0v) is 12.7. The Labute approximate surface area is 123 Å². The average Bonchev–Trinajstić information content (AvgIpc) is 2.41. The first-order valence-corrected chi connectivity index (χ1v) is 7.99. The number of morpholine rings is 1. The van der Waals surface area contributed by atoms with Crippen LogP contribution in [0.2, 0.25) is 0 Å². The molecule has 0 spiro atoms. The Hall–Kier alpha value is -1.48. The molecule has 116 valence electrons. The van der Waals surface area contributed by atoms with Gasteiger partial charge in [0.05, 0.1) is 23.7 Å². The lowest BCUT2D eigenvalue weighted by molar-refractivity contribution is 0.0272. The second kappa shape index (κ2) is 6.10. The zero-order valence-electron chi connectivity index (χ0n) is 11.9. The molecular weight excluding hydrogens is 296 g/mol. The maximum atomic E-state index is 12.5. The van der Waals surface area contributed by atoms with Crippen molar-refractivity contribution in [3.8, 4) is 0 Å². The van der Waals surface area contributed by atoms with Crippen molar-refractivity contribution in [3.63, 3.8) is 0 Å². The minimum Gasteiger partial charge on any atom is -0.478 e. The van der Waals surface area contributed by atoms with Crippen LogP contribution in [0.3, 0.4) is 0 Å². The van der Waals surface area contributed by atoms with Gasteiger partial charge in [0, 0.05) is 13.1 Å². The third kappa shape index (κ3) is 3.59. The van der Waals surface area contributed by atoms with Crippen LogP contribution in [0.25, 0.3) is 0 Å². The van der Waals surface area contributed by atoms with Gasteiger partial charge in [-0.05, 0) is 37.1 Å². The van der Waals surface area contributed by atoms with E-state index in [9.17, 15) is 13.2 Å². The van der Waals surface area contributed by atoms with E-state index in [0.717, 1.165) is 0 Å². The van der Waals surface area contributed by atoms with Crippen LogP contribution in [0.15, 0.2) is 17.0 Å². The number of ether oxygens (including phenoxy) is 1. The first-order chi connectivity index (χ1) is 9.81. The lowest BCUT2D eigenvalue weighted by Gasteiger charge is -2.27. The minimum atomic E-state index is -3.81. The maximum Gasteiger partial charge on any atom is 0.335 e. The molecule has 21 heavy (non-hydrogen) atoms. The van der Waals surface area contributed by atoms with Crippen molar-refractivity contribution in [3.05, 3.63) is 28.8 Å². The lowest BCUT2D eigenvalue weighted by Crippen LogP contribution is -2.48. The molecule has 0 bridgehead atoms. The highest BCUT2D eigenvalue weighted by atomic mass is 32.2. The number of benzene rings is 1. The van der Waals surface area contributed by atoms with Crippen molar-refractivity contribution in [2.45, 2.75) is 18.7 Å². The number of rotatable bonds is 4. The van der Waals surface area contributed by atoms with Gasteiger partial charge in [0.1, 0.15) is 0 Å². The number of hydrazine groups is 1. The molecule has 2 rings (SSSR count). The summed E-state index contributed by atoms with van der Waals surface area (Å²) in [6.07, 6.45) is 0. The number of aryl methyl sites for hydroxylation is 1. The fraction of sp³-hybridized carbons (Fsp3) is 0.462. The number of carboxylic acid groups (broad SMARTS) is 1. The van der Waals surface area contributed by atoms with Gasteiger partial charge >= 0.3 is 5.97 Å². The summed E-state index contributed by atoms with van der Waals surface area (Å²) >= 11 is 0. The number of nitrogens with one attached hydrogen (secondary N) is 1. The molecule has 0 amide bonds. The molecule has 0 atom stereocenters. The second-order valence-electron chi connectivity index (χ2n) is 4.92. The molecule has 0 unspecified atom stereocenters. The van der Waals surface area contributed by atoms with Crippen LogP contribution in [0, 0.1) is 13.8 Å². The Morgan fingerprint density at radius 1 is 1.29 bits per heavy atom. The minimum absolute atomic E-state index is 0.00797. The summed E-state index contributed by atoms with van der Waals surface area (Å²) in [5.74, 6) is -1.15. The molecule has 1 fully saturated rings. The Balaban J connectivity index is 2.36. The van der Waals surface area contributed by atoms with Gasteiger partial charge in [-0.3, -0.25) is 0 Å². The van der Waals surface area contributed by atoms with E-state index in [-0.39, 0.29) is 10.5 Å². The number of nitrogens with zero attached hydrogens (tertiary/aromatic N) is 1. The normalized spacial score (nSPS) is 16.9. The number of sulfonamides is 1. The third-order valence-corrected chi connectivity index (χ3v) is 4.92. The van der Waals surface area contributed by atoms with Crippen LogP contribution >= 0.6 is 0 Å². The fourth-order valence-electron chi connectivity index (χ4n) is 2.10. The van der Waals surface area contributed by atoms with Crippen molar-refractivity contribution >= 4 is 16.0 Å². The summed E-state index contributed by atoms with van der Waals surface area (Å²) in [5.41, 5.74) is 1.12. The highest BCUT2D eigenvalue weighted by molar-refractivity contribution is 7.89. The highest BCUT2D eigenvalue weighted by Gasteiger charge is 2.24. The standard InChI is InChI=1S/C13H18N2O5S/c1-9-7-11(13(16)17)8-12(10(9)2)21(18,19)14-15-3-5-20-6-4-15/h7-8,14H,3-6H2,1-2H3,(H,16,17). The largest absolute Gasteiger partial charge is 0.478 e. The monoisotopic (exact) mass is 314 g/mol. The Bertz CT molecular complexity index is 651. The van der Waals surface area contributed by atoms with Crippen LogP contribution in [-0.2, 0) is 14.8 Å². The van der Waals surface area contributed by atoms with E-state index < -0.39 is 16.0 Å². The van der Waals surface area contributed by atoms with E-state index in [1.807, 2.05) is 0 Å². The quantitative estimate of drug-likeness (QED) is 0.841. The Morgan fingerprint density at radius 2 is 1.90 bits per heavy atom. The van der Waals surface area contributed by atoms with Crippen LogP contribution in [0.4, 0.5) is 0 Å². The molecule has 8 heteroatoms. The van der Waals surface area contributed by atoms with Crippen molar-refractivity contribution < 1.29 is 23.1 Å². The van der Waals surface area contributed by atoms with Crippen LogP contribution in [0.5, 0.6) is 0 Å². The highest BCUT2D eigenvalue weighted by Crippen LogP contribution is 2.21. The Morgan fingerprint density at radius 3 is 2.48 bits per heavy atom. The molecule has 0 aromatic heterocycles. The van der Waals surface area contributed by atoms with Gasteiger partial charge in [0.25, 0.3) is 10.0 Å². The van der Waals surface area contributed by atoms with Gasteiger partial charge in [0.15, 0.2) is 0 Å². The summed E-state index contributed by atoms with van der Waals surface area (Å²) in [5, 5.41) is 10.6. The zero-order chi connectivity index (χ0) is 15.6. The van der Waals surface area contributed by atoms with Gasteiger partial charge in [0.2, 0.25) is 0 Å². The van der Waals surface area contributed by atoms with Gasteiger partial charge < -0.3 is 9.84 Å². The summed E-state index contributed by atoms with van der Waals surface area (Å²) < 4.78 is 30.1. The van der Waals surface area contributed by atoms with Crippen LogP contribution in [-0.4, -0.2) is 50.8 Å². The van der Waals surface area contributed by atoms with Crippen molar-refractivity contribution in [2.24, 2.45) is 0 Å². The van der Waals surface area contributed by atoms with Crippen molar-refractivity contribution in [1.82, 2.24) is 9.84 Å². The molecule has 0 radical (unpaired) electrons. The van der Waals surface area contributed by atoms with Crippen molar-refractivity contribution in [2.75, 3.05) is 26.3 Å². The van der Waals surface area contributed by atoms with Gasteiger partial charge in [-0.25, -0.2) is 18.2 Å². The number of carbonyl (C=O) groups is 1. The first kappa shape index (κ1) is 15.9. The second-order valence-corrected chi connectivity index (χ2v) is 6.54.